The van der Waals surface area contributed by atoms with Crippen LogP contribution in [-0.4, -0.2) is 21.7 Å². The molecule has 3 rings (SSSR count). The summed E-state index contributed by atoms with van der Waals surface area (Å²) in [4.78, 5) is 16.3. The Morgan fingerprint density at radius 1 is 1.13 bits per heavy atom. The lowest BCUT2D eigenvalue weighted by molar-refractivity contribution is -0.115. The van der Waals surface area contributed by atoms with Crippen LogP contribution in [0.3, 0.4) is 0 Å². The summed E-state index contributed by atoms with van der Waals surface area (Å²) >= 11 is 1.57. The molecule has 0 aliphatic rings. The van der Waals surface area contributed by atoms with Crippen molar-refractivity contribution in [3.8, 4) is 5.69 Å². The molecular weight excluding hydrogens is 306 g/mol. The highest BCUT2D eigenvalue weighted by molar-refractivity contribution is 7.98. The van der Waals surface area contributed by atoms with E-state index in [4.69, 9.17) is 0 Å². The van der Waals surface area contributed by atoms with Crippen LogP contribution in [0.15, 0.2) is 72.1 Å². The summed E-state index contributed by atoms with van der Waals surface area (Å²) < 4.78 is 2.03. The number of hydrogen-bond acceptors (Lipinski definition) is 3. The third kappa shape index (κ3) is 4.02. The molecule has 4 nitrogen and oxygen atoms in total. The van der Waals surface area contributed by atoms with Crippen molar-refractivity contribution in [3.05, 3.63) is 72.7 Å². The Morgan fingerprint density at radius 2 is 1.87 bits per heavy atom. The molecule has 1 aromatic carbocycles. The molecule has 0 saturated heterocycles. The molecule has 5 heteroatoms. The van der Waals surface area contributed by atoms with Crippen LogP contribution in [0.5, 0.6) is 0 Å². The fourth-order valence-electron chi connectivity index (χ4n) is 2.26. The molecule has 0 bridgehead atoms. The predicted molar refractivity (Wildman–Crippen MR) is 94.1 cm³/mol. The maximum atomic E-state index is 12.1. The molecule has 0 aliphatic heterocycles. The van der Waals surface area contributed by atoms with Crippen LogP contribution in [0.1, 0.15) is 5.56 Å². The van der Waals surface area contributed by atoms with Crippen molar-refractivity contribution in [2.45, 2.75) is 11.4 Å². The number of rotatable bonds is 5. The number of nitrogens with zero attached hydrogens (tertiary/aromatic N) is 2. The van der Waals surface area contributed by atoms with E-state index in [1.54, 1.807) is 18.0 Å². The first kappa shape index (κ1) is 15.4. The molecule has 0 unspecified atom stereocenters. The molecule has 0 saturated carbocycles. The molecule has 0 aliphatic carbocycles. The third-order valence-corrected chi connectivity index (χ3v) is 4.09. The van der Waals surface area contributed by atoms with Gasteiger partial charge in [-0.15, -0.1) is 11.8 Å². The molecule has 0 atom stereocenters. The van der Waals surface area contributed by atoms with Gasteiger partial charge in [0.25, 0.3) is 0 Å². The maximum absolute atomic E-state index is 12.1. The molecule has 0 fully saturated rings. The summed E-state index contributed by atoms with van der Waals surface area (Å²) in [5.74, 6) is -0.0441. The number of thioether (sulfide) groups is 1. The number of carbonyl (C=O) groups is 1. The zero-order valence-corrected chi connectivity index (χ0v) is 13.6. The predicted octanol–water partition coefficient (Wildman–Crippen LogP) is 3.78. The van der Waals surface area contributed by atoms with Gasteiger partial charge in [-0.2, -0.15) is 0 Å². The fourth-order valence-corrected chi connectivity index (χ4v) is 2.62. The Hall–Kier alpha value is -2.53. The van der Waals surface area contributed by atoms with Crippen molar-refractivity contribution in [2.24, 2.45) is 0 Å². The normalized spacial score (nSPS) is 10.5. The number of carbonyl (C=O) groups excluding carboxylic acids is 1. The summed E-state index contributed by atoms with van der Waals surface area (Å²) in [6, 6.07) is 15.7. The van der Waals surface area contributed by atoms with E-state index in [1.807, 2.05) is 71.7 Å². The van der Waals surface area contributed by atoms with E-state index in [1.165, 1.54) is 0 Å². The summed E-state index contributed by atoms with van der Waals surface area (Å²) in [6.45, 7) is 0. The van der Waals surface area contributed by atoms with Crippen molar-refractivity contribution in [2.75, 3.05) is 11.6 Å². The molecular formula is C18H17N3OS. The van der Waals surface area contributed by atoms with Gasteiger partial charge >= 0.3 is 0 Å². The van der Waals surface area contributed by atoms with Crippen LogP contribution < -0.4 is 5.32 Å². The van der Waals surface area contributed by atoms with Crippen LogP contribution in [0.25, 0.3) is 5.69 Å². The van der Waals surface area contributed by atoms with Crippen molar-refractivity contribution in [3.63, 3.8) is 0 Å². The van der Waals surface area contributed by atoms with Crippen molar-refractivity contribution in [1.29, 1.82) is 0 Å². The quantitative estimate of drug-likeness (QED) is 0.727. The molecule has 1 N–H and O–H groups in total. The number of pyridine rings is 1. The number of nitrogens with one attached hydrogen (secondary N) is 1. The minimum absolute atomic E-state index is 0.0441. The Morgan fingerprint density at radius 3 is 2.48 bits per heavy atom. The molecule has 0 radical (unpaired) electrons. The third-order valence-electron chi connectivity index (χ3n) is 3.43. The van der Waals surface area contributed by atoms with E-state index < -0.39 is 0 Å². The van der Waals surface area contributed by atoms with Gasteiger partial charge in [-0.1, -0.05) is 12.1 Å². The zero-order valence-electron chi connectivity index (χ0n) is 12.8. The largest absolute Gasteiger partial charge is 0.324 e. The highest BCUT2D eigenvalue weighted by Gasteiger charge is 2.05. The summed E-state index contributed by atoms with van der Waals surface area (Å²) in [5.41, 5.74) is 2.78. The van der Waals surface area contributed by atoms with Gasteiger partial charge in [0.05, 0.1) is 23.3 Å². The van der Waals surface area contributed by atoms with Gasteiger partial charge in [0, 0.05) is 18.1 Å². The van der Waals surface area contributed by atoms with E-state index >= 15 is 0 Å². The van der Waals surface area contributed by atoms with Gasteiger partial charge in [0.1, 0.15) is 0 Å². The number of amides is 1. The van der Waals surface area contributed by atoms with Gasteiger partial charge in [0.2, 0.25) is 5.91 Å². The Bertz CT molecular complexity index is 765. The minimum atomic E-state index is -0.0441. The topological polar surface area (TPSA) is 46.9 Å². The van der Waals surface area contributed by atoms with Crippen LogP contribution in [0.4, 0.5) is 5.69 Å². The second kappa shape index (κ2) is 7.15. The van der Waals surface area contributed by atoms with Crippen molar-refractivity contribution < 1.29 is 4.79 Å². The second-order valence-electron chi connectivity index (χ2n) is 5.07. The first-order chi connectivity index (χ1) is 11.2. The maximum Gasteiger partial charge on any atom is 0.228 e. The SMILES string of the molecule is CSc1ccc(NC(=O)Cc2ccc(-n3cccc3)cc2)cn1. The molecule has 2 aromatic heterocycles. The van der Waals surface area contributed by atoms with Crippen molar-refractivity contribution >= 4 is 23.4 Å². The number of aromatic nitrogens is 2. The van der Waals surface area contributed by atoms with E-state index in [9.17, 15) is 4.79 Å². The van der Waals surface area contributed by atoms with Gasteiger partial charge in [-0.25, -0.2) is 4.98 Å². The summed E-state index contributed by atoms with van der Waals surface area (Å²) in [7, 11) is 0. The molecule has 2 heterocycles. The van der Waals surface area contributed by atoms with E-state index in [0.29, 0.717) is 6.42 Å². The van der Waals surface area contributed by atoms with E-state index in [2.05, 4.69) is 10.3 Å². The highest BCUT2D eigenvalue weighted by atomic mass is 32.2. The monoisotopic (exact) mass is 323 g/mol. The Labute approximate surface area is 139 Å². The number of anilines is 1. The molecule has 116 valence electrons. The standard InChI is InChI=1S/C18H17N3OS/c1-23-18-9-6-15(13-19-18)20-17(22)12-14-4-7-16(8-5-14)21-10-2-3-11-21/h2-11,13H,12H2,1H3,(H,20,22). The smallest absolute Gasteiger partial charge is 0.228 e. The first-order valence-electron chi connectivity index (χ1n) is 7.27. The van der Waals surface area contributed by atoms with Gasteiger partial charge < -0.3 is 9.88 Å². The number of hydrogen-bond donors (Lipinski definition) is 1. The lowest BCUT2D eigenvalue weighted by atomic mass is 10.1. The van der Waals surface area contributed by atoms with Crippen molar-refractivity contribution in [1.82, 2.24) is 9.55 Å². The average molecular weight is 323 g/mol. The Kier molecular flexibility index (Phi) is 4.78. The zero-order chi connectivity index (χ0) is 16.1. The Balaban J connectivity index is 1.61. The average Bonchev–Trinajstić information content (AvgIpc) is 3.11. The second-order valence-corrected chi connectivity index (χ2v) is 5.90. The van der Waals surface area contributed by atoms with Crippen LogP contribution in [0, 0.1) is 0 Å². The summed E-state index contributed by atoms with van der Waals surface area (Å²) in [5, 5.41) is 3.80. The molecule has 1 amide bonds. The van der Waals surface area contributed by atoms with E-state index in [0.717, 1.165) is 22.0 Å². The number of benzene rings is 1. The minimum Gasteiger partial charge on any atom is -0.324 e. The van der Waals surface area contributed by atoms with Gasteiger partial charge in [-0.05, 0) is 48.2 Å². The van der Waals surface area contributed by atoms with Crippen LogP contribution >= 0.6 is 11.8 Å². The lowest BCUT2D eigenvalue weighted by Gasteiger charge is -2.07. The lowest BCUT2D eigenvalue weighted by Crippen LogP contribution is -2.14. The van der Waals surface area contributed by atoms with E-state index in [-0.39, 0.29) is 5.91 Å². The van der Waals surface area contributed by atoms with Gasteiger partial charge in [0.15, 0.2) is 0 Å². The summed E-state index contributed by atoms with van der Waals surface area (Å²) in [6.07, 6.45) is 7.98. The first-order valence-corrected chi connectivity index (χ1v) is 8.49. The fraction of sp³-hybridized carbons (Fsp3) is 0.111. The van der Waals surface area contributed by atoms with Crippen LogP contribution in [0.2, 0.25) is 0 Å². The molecule has 3 aromatic rings. The van der Waals surface area contributed by atoms with Crippen LogP contribution in [-0.2, 0) is 11.2 Å². The van der Waals surface area contributed by atoms with Gasteiger partial charge in [-0.3, -0.25) is 4.79 Å². The molecule has 23 heavy (non-hydrogen) atoms. The molecule has 0 spiro atoms. The highest BCUT2D eigenvalue weighted by Crippen LogP contribution is 2.15.